The molecule has 7 nitrogen and oxygen atoms in total. The number of carbonyl (C=O) groups excluding carboxylic acids is 3. The highest BCUT2D eigenvalue weighted by Crippen LogP contribution is 2.15. The third-order valence-corrected chi connectivity index (χ3v) is 4.68. The summed E-state index contributed by atoms with van der Waals surface area (Å²) in [4.78, 5) is 36.0. The maximum absolute atomic E-state index is 12.1. The van der Waals surface area contributed by atoms with Crippen LogP contribution in [0.4, 0.5) is 5.69 Å². The van der Waals surface area contributed by atoms with Crippen molar-refractivity contribution in [3.05, 3.63) is 88.8 Å². The number of rotatable bonds is 9. The summed E-state index contributed by atoms with van der Waals surface area (Å²) >= 11 is 6.04. The second-order valence-corrected chi connectivity index (χ2v) is 7.02. The van der Waals surface area contributed by atoms with Crippen molar-refractivity contribution in [2.24, 2.45) is 0 Å². The number of furan rings is 1. The fourth-order valence-electron chi connectivity index (χ4n) is 2.72. The van der Waals surface area contributed by atoms with Crippen molar-refractivity contribution >= 4 is 35.1 Å². The molecule has 0 saturated heterocycles. The number of esters is 1. The van der Waals surface area contributed by atoms with Gasteiger partial charge in [-0.2, -0.15) is 0 Å². The number of halogens is 1. The lowest BCUT2D eigenvalue weighted by Gasteiger charge is -2.08. The molecule has 8 heteroatoms. The van der Waals surface area contributed by atoms with Crippen LogP contribution in [-0.2, 0) is 16.0 Å². The molecule has 0 bridgehead atoms. The van der Waals surface area contributed by atoms with Gasteiger partial charge in [-0.3, -0.25) is 9.59 Å². The molecular formula is C23H21ClN2O5. The molecule has 3 rings (SSSR count). The molecule has 0 aliphatic carbocycles. The second-order valence-electron chi connectivity index (χ2n) is 6.62. The average Bonchev–Trinajstić information content (AvgIpc) is 3.31. The van der Waals surface area contributed by atoms with Gasteiger partial charge in [0, 0.05) is 17.3 Å². The molecular weight excluding hydrogens is 420 g/mol. The van der Waals surface area contributed by atoms with Crippen LogP contribution in [0.3, 0.4) is 0 Å². The second kappa shape index (κ2) is 11.0. The van der Waals surface area contributed by atoms with Gasteiger partial charge < -0.3 is 19.8 Å². The molecule has 160 valence electrons. The lowest BCUT2D eigenvalue weighted by molar-refractivity contribution is -0.120. The highest BCUT2D eigenvalue weighted by Gasteiger charge is 2.11. The molecule has 0 aliphatic heterocycles. The summed E-state index contributed by atoms with van der Waals surface area (Å²) in [5.41, 5.74) is 1.65. The van der Waals surface area contributed by atoms with E-state index in [9.17, 15) is 14.4 Å². The Hall–Kier alpha value is -3.58. The summed E-state index contributed by atoms with van der Waals surface area (Å²) < 4.78 is 10.2. The van der Waals surface area contributed by atoms with E-state index in [1.165, 1.54) is 6.26 Å². The molecule has 0 spiro atoms. The lowest BCUT2D eigenvalue weighted by Crippen LogP contribution is -2.27. The average molecular weight is 441 g/mol. The molecule has 1 heterocycles. The van der Waals surface area contributed by atoms with Crippen LogP contribution in [0.15, 0.2) is 71.3 Å². The minimum atomic E-state index is -0.480. The zero-order valence-electron chi connectivity index (χ0n) is 16.6. The van der Waals surface area contributed by atoms with Crippen LogP contribution in [0.5, 0.6) is 0 Å². The van der Waals surface area contributed by atoms with Crippen LogP contribution in [-0.4, -0.2) is 30.9 Å². The van der Waals surface area contributed by atoms with Gasteiger partial charge in [0.15, 0.2) is 5.76 Å². The first-order chi connectivity index (χ1) is 15.0. The molecule has 2 amide bonds. The van der Waals surface area contributed by atoms with Crippen LogP contribution in [0.25, 0.3) is 0 Å². The lowest BCUT2D eigenvalue weighted by atomic mass is 10.1. The highest BCUT2D eigenvalue weighted by molar-refractivity contribution is 6.31. The molecule has 2 N–H and O–H groups in total. The fourth-order valence-corrected chi connectivity index (χ4v) is 2.92. The topological polar surface area (TPSA) is 97.6 Å². The van der Waals surface area contributed by atoms with Gasteiger partial charge in [-0.25, -0.2) is 4.79 Å². The van der Waals surface area contributed by atoms with E-state index >= 15 is 0 Å². The Morgan fingerprint density at radius 1 is 0.968 bits per heavy atom. The number of carbonyl (C=O) groups is 3. The first-order valence-electron chi connectivity index (χ1n) is 9.65. The number of benzene rings is 2. The van der Waals surface area contributed by atoms with Crippen molar-refractivity contribution in [3.63, 3.8) is 0 Å². The molecule has 1 aromatic heterocycles. The molecule has 31 heavy (non-hydrogen) atoms. The number of hydrogen-bond acceptors (Lipinski definition) is 5. The Morgan fingerprint density at radius 3 is 2.45 bits per heavy atom. The molecule has 3 aromatic rings. The minimum Gasteiger partial charge on any atom is -0.462 e. The Morgan fingerprint density at radius 2 is 1.74 bits per heavy atom. The third kappa shape index (κ3) is 6.72. The van der Waals surface area contributed by atoms with Gasteiger partial charge in [0.25, 0.3) is 5.91 Å². The Balaban J connectivity index is 1.35. The Bertz CT molecular complexity index is 1030. The first-order valence-corrected chi connectivity index (χ1v) is 10.0. The zero-order valence-corrected chi connectivity index (χ0v) is 17.4. The molecule has 0 atom stereocenters. The monoisotopic (exact) mass is 440 g/mol. The summed E-state index contributed by atoms with van der Waals surface area (Å²) in [6.07, 6.45) is 2.10. The van der Waals surface area contributed by atoms with Gasteiger partial charge >= 0.3 is 5.97 Å². The summed E-state index contributed by atoms with van der Waals surface area (Å²) in [6.45, 7) is 0.552. The summed E-state index contributed by atoms with van der Waals surface area (Å²) in [5, 5.41) is 5.99. The van der Waals surface area contributed by atoms with E-state index in [0.717, 1.165) is 5.56 Å². The molecule has 2 aromatic carbocycles. The van der Waals surface area contributed by atoms with Crippen molar-refractivity contribution in [3.8, 4) is 0 Å². The summed E-state index contributed by atoms with van der Waals surface area (Å²) in [6, 6.07) is 16.7. The number of anilines is 1. The van der Waals surface area contributed by atoms with Crippen molar-refractivity contribution in [1.29, 1.82) is 0 Å². The molecule has 0 unspecified atom stereocenters. The van der Waals surface area contributed by atoms with Crippen molar-refractivity contribution in [1.82, 2.24) is 5.32 Å². The van der Waals surface area contributed by atoms with Crippen LogP contribution in [0.2, 0.25) is 5.02 Å². The van der Waals surface area contributed by atoms with E-state index in [0.29, 0.717) is 29.2 Å². The number of hydrogen-bond donors (Lipinski definition) is 2. The van der Waals surface area contributed by atoms with E-state index in [1.807, 2.05) is 12.1 Å². The van der Waals surface area contributed by atoms with E-state index in [2.05, 4.69) is 10.6 Å². The van der Waals surface area contributed by atoms with Crippen molar-refractivity contribution in [2.45, 2.75) is 12.8 Å². The standard InChI is InChI=1S/C23H21ClN2O5/c24-19-6-2-1-5-17(19)15-21(27)25-12-4-14-31-23(29)16-8-10-18(11-9-16)26-22(28)20-7-3-13-30-20/h1-3,5-11,13H,4,12,14-15H2,(H,25,27)(H,26,28). The first kappa shape index (κ1) is 22.1. The van der Waals surface area contributed by atoms with Gasteiger partial charge in [0.2, 0.25) is 5.91 Å². The fraction of sp³-hybridized carbons (Fsp3) is 0.174. The Kier molecular flexibility index (Phi) is 7.84. The van der Waals surface area contributed by atoms with Gasteiger partial charge in [0.1, 0.15) is 0 Å². The molecule has 0 saturated carbocycles. The third-order valence-electron chi connectivity index (χ3n) is 4.31. The summed E-state index contributed by atoms with van der Waals surface area (Å²) in [7, 11) is 0. The quantitative estimate of drug-likeness (QED) is 0.386. The zero-order chi connectivity index (χ0) is 22.1. The van der Waals surface area contributed by atoms with Crippen molar-refractivity contribution < 1.29 is 23.5 Å². The molecule has 0 radical (unpaired) electrons. The van der Waals surface area contributed by atoms with E-state index in [-0.39, 0.29) is 30.6 Å². The van der Waals surface area contributed by atoms with Crippen LogP contribution in [0, 0.1) is 0 Å². The highest BCUT2D eigenvalue weighted by atomic mass is 35.5. The van der Waals surface area contributed by atoms with Gasteiger partial charge in [-0.05, 0) is 54.4 Å². The van der Waals surface area contributed by atoms with E-state index < -0.39 is 5.97 Å². The van der Waals surface area contributed by atoms with Gasteiger partial charge in [0.05, 0.1) is 24.9 Å². The smallest absolute Gasteiger partial charge is 0.338 e. The minimum absolute atomic E-state index is 0.147. The predicted octanol–water partition coefficient (Wildman–Crippen LogP) is 4.09. The number of ether oxygens (including phenoxy) is 1. The van der Waals surface area contributed by atoms with Gasteiger partial charge in [-0.15, -0.1) is 0 Å². The predicted molar refractivity (Wildman–Crippen MR) is 116 cm³/mol. The Labute approximate surface area is 184 Å². The van der Waals surface area contributed by atoms with Crippen LogP contribution in [0.1, 0.15) is 32.9 Å². The molecule has 0 aliphatic rings. The number of amides is 2. The van der Waals surface area contributed by atoms with E-state index in [4.69, 9.17) is 20.8 Å². The largest absolute Gasteiger partial charge is 0.462 e. The van der Waals surface area contributed by atoms with Crippen molar-refractivity contribution in [2.75, 3.05) is 18.5 Å². The summed E-state index contributed by atoms with van der Waals surface area (Å²) in [5.74, 6) is -0.808. The maximum atomic E-state index is 12.1. The van der Waals surface area contributed by atoms with Gasteiger partial charge in [-0.1, -0.05) is 29.8 Å². The van der Waals surface area contributed by atoms with Crippen LogP contribution < -0.4 is 10.6 Å². The van der Waals surface area contributed by atoms with E-state index in [1.54, 1.807) is 48.5 Å². The SMILES string of the molecule is O=C(Cc1ccccc1Cl)NCCCOC(=O)c1ccc(NC(=O)c2ccco2)cc1. The maximum Gasteiger partial charge on any atom is 0.338 e. The molecule has 0 fully saturated rings. The normalized spacial score (nSPS) is 10.4. The van der Waals surface area contributed by atoms with Crippen LogP contribution >= 0.6 is 11.6 Å². The number of nitrogens with one attached hydrogen (secondary N) is 2.